The molecule has 5 heteroatoms. The number of hydrogen-bond donors (Lipinski definition) is 0. The molecule has 0 radical (unpaired) electrons. The molecule has 3 nitrogen and oxygen atoms in total. The molecular weight excluding hydrogens is 364 g/mol. The lowest BCUT2D eigenvalue weighted by molar-refractivity contribution is 0.528. The molecule has 0 atom stereocenters. The number of sulfone groups is 1. The number of benzene rings is 2. The fourth-order valence-electron chi connectivity index (χ4n) is 2.48. The standard InChI is InChI=1S/C17H15BrO3S/c18-12-6-11-16-17(14-9-4-5-10-15(14)21-16)22(19,20)13-7-2-1-3-8-13/h1-5,7-10H,6,11-12H2. The van der Waals surface area contributed by atoms with Crippen LogP contribution in [0.4, 0.5) is 0 Å². The van der Waals surface area contributed by atoms with E-state index in [9.17, 15) is 8.42 Å². The van der Waals surface area contributed by atoms with Crippen molar-refractivity contribution in [3.05, 3.63) is 60.4 Å². The molecule has 114 valence electrons. The third kappa shape index (κ3) is 2.71. The molecule has 0 bridgehead atoms. The second-order valence-electron chi connectivity index (χ2n) is 4.96. The van der Waals surface area contributed by atoms with Crippen molar-refractivity contribution in [3.8, 4) is 0 Å². The van der Waals surface area contributed by atoms with E-state index in [1.807, 2.05) is 12.1 Å². The summed E-state index contributed by atoms with van der Waals surface area (Å²) in [6, 6.07) is 15.8. The van der Waals surface area contributed by atoms with Crippen LogP contribution >= 0.6 is 15.9 Å². The minimum absolute atomic E-state index is 0.293. The van der Waals surface area contributed by atoms with Crippen molar-refractivity contribution in [2.45, 2.75) is 22.6 Å². The Hall–Kier alpha value is -1.59. The highest BCUT2D eigenvalue weighted by molar-refractivity contribution is 9.09. The highest BCUT2D eigenvalue weighted by atomic mass is 79.9. The Morgan fingerprint density at radius 1 is 0.955 bits per heavy atom. The average Bonchev–Trinajstić information content (AvgIpc) is 2.92. The summed E-state index contributed by atoms with van der Waals surface area (Å²) in [6.45, 7) is 0. The van der Waals surface area contributed by atoms with Gasteiger partial charge in [0.05, 0.1) is 4.90 Å². The first kappa shape index (κ1) is 15.3. The summed E-state index contributed by atoms with van der Waals surface area (Å²) in [7, 11) is -3.59. The Labute approximate surface area is 138 Å². The highest BCUT2D eigenvalue weighted by Crippen LogP contribution is 2.34. The summed E-state index contributed by atoms with van der Waals surface area (Å²) in [6.07, 6.45) is 1.40. The largest absolute Gasteiger partial charge is 0.460 e. The van der Waals surface area contributed by atoms with Gasteiger partial charge in [-0.2, -0.15) is 0 Å². The molecule has 0 saturated heterocycles. The Bertz CT molecular complexity index is 883. The van der Waals surface area contributed by atoms with Gasteiger partial charge >= 0.3 is 0 Å². The quantitative estimate of drug-likeness (QED) is 0.609. The normalized spacial score (nSPS) is 11.9. The molecule has 3 aromatic rings. The Balaban J connectivity index is 2.24. The first-order valence-electron chi connectivity index (χ1n) is 7.01. The summed E-state index contributed by atoms with van der Waals surface area (Å²) in [5.74, 6) is 0.532. The van der Waals surface area contributed by atoms with Crippen LogP contribution in [0.25, 0.3) is 11.0 Å². The smallest absolute Gasteiger partial charge is 0.210 e. The van der Waals surface area contributed by atoms with Gasteiger partial charge in [0.15, 0.2) is 0 Å². The maximum atomic E-state index is 13.0. The third-order valence-corrected chi connectivity index (χ3v) is 5.92. The predicted molar refractivity (Wildman–Crippen MR) is 90.2 cm³/mol. The fourth-order valence-corrected chi connectivity index (χ4v) is 4.41. The second kappa shape index (κ2) is 6.26. The molecule has 0 aliphatic rings. The molecule has 3 rings (SSSR count). The summed E-state index contributed by atoms with van der Waals surface area (Å²) in [5, 5.41) is 1.45. The number of fused-ring (bicyclic) bond motifs is 1. The van der Waals surface area contributed by atoms with Crippen LogP contribution in [0.15, 0.2) is 68.8 Å². The van der Waals surface area contributed by atoms with E-state index in [1.54, 1.807) is 42.5 Å². The third-order valence-electron chi connectivity index (χ3n) is 3.48. The SMILES string of the molecule is O=S(=O)(c1ccccc1)c1c(CCCBr)oc2ccccc12. The Morgan fingerprint density at radius 3 is 2.36 bits per heavy atom. The molecule has 0 N–H and O–H groups in total. The predicted octanol–water partition coefficient (Wildman–Crippen LogP) is 4.59. The molecular formula is C17H15BrO3S. The average molecular weight is 379 g/mol. The number of alkyl halides is 1. The molecule has 0 saturated carbocycles. The lowest BCUT2D eigenvalue weighted by Crippen LogP contribution is -2.04. The van der Waals surface area contributed by atoms with E-state index in [-0.39, 0.29) is 0 Å². The monoisotopic (exact) mass is 378 g/mol. The second-order valence-corrected chi connectivity index (χ2v) is 7.64. The molecule has 0 fully saturated rings. The summed E-state index contributed by atoms with van der Waals surface area (Å²) >= 11 is 3.38. The molecule has 0 unspecified atom stereocenters. The zero-order chi connectivity index (χ0) is 15.6. The van der Waals surface area contributed by atoms with Gasteiger partial charge in [0.2, 0.25) is 9.84 Å². The van der Waals surface area contributed by atoms with Crippen molar-refractivity contribution < 1.29 is 12.8 Å². The van der Waals surface area contributed by atoms with E-state index in [2.05, 4.69) is 15.9 Å². The number of aryl methyl sites for hydroxylation is 1. The maximum Gasteiger partial charge on any atom is 0.210 e. The van der Waals surface area contributed by atoms with E-state index < -0.39 is 9.84 Å². The lowest BCUT2D eigenvalue weighted by atomic mass is 10.2. The van der Waals surface area contributed by atoms with Crippen LogP contribution in [0.1, 0.15) is 12.2 Å². The molecule has 0 aliphatic carbocycles. The Morgan fingerprint density at radius 2 is 1.64 bits per heavy atom. The van der Waals surface area contributed by atoms with Crippen LogP contribution in [-0.4, -0.2) is 13.7 Å². The topological polar surface area (TPSA) is 47.3 Å². The van der Waals surface area contributed by atoms with Crippen LogP contribution in [0, 0.1) is 0 Å². The van der Waals surface area contributed by atoms with Gasteiger partial charge in [0.25, 0.3) is 0 Å². The first-order chi connectivity index (χ1) is 10.6. The van der Waals surface area contributed by atoms with E-state index >= 15 is 0 Å². The maximum absolute atomic E-state index is 13.0. The van der Waals surface area contributed by atoms with Crippen LogP contribution in [0.5, 0.6) is 0 Å². The van der Waals surface area contributed by atoms with Crippen LogP contribution in [0.3, 0.4) is 0 Å². The van der Waals surface area contributed by atoms with E-state index in [4.69, 9.17) is 4.42 Å². The van der Waals surface area contributed by atoms with Gasteiger partial charge in [0.1, 0.15) is 16.2 Å². The van der Waals surface area contributed by atoms with Gasteiger partial charge in [-0.25, -0.2) is 8.42 Å². The number of furan rings is 1. The van der Waals surface area contributed by atoms with Crippen LogP contribution in [0.2, 0.25) is 0 Å². The minimum atomic E-state index is -3.59. The van der Waals surface area contributed by atoms with Crippen molar-refractivity contribution in [2.75, 3.05) is 5.33 Å². The number of rotatable bonds is 5. The van der Waals surface area contributed by atoms with Gasteiger partial charge in [-0.1, -0.05) is 46.3 Å². The van der Waals surface area contributed by atoms with E-state index in [0.29, 0.717) is 32.9 Å². The molecule has 1 aromatic heterocycles. The summed E-state index contributed by atoms with van der Waals surface area (Å²) < 4.78 is 31.9. The molecule has 0 amide bonds. The van der Waals surface area contributed by atoms with Crippen molar-refractivity contribution in [1.29, 1.82) is 0 Å². The fraction of sp³-hybridized carbons (Fsp3) is 0.176. The van der Waals surface area contributed by atoms with Gasteiger partial charge in [-0.05, 0) is 30.7 Å². The van der Waals surface area contributed by atoms with Crippen molar-refractivity contribution in [3.63, 3.8) is 0 Å². The van der Waals surface area contributed by atoms with Crippen LogP contribution in [-0.2, 0) is 16.3 Å². The highest BCUT2D eigenvalue weighted by Gasteiger charge is 2.27. The van der Waals surface area contributed by atoms with Crippen molar-refractivity contribution in [1.82, 2.24) is 0 Å². The van der Waals surface area contributed by atoms with Gasteiger partial charge in [0, 0.05) is 17.1 Å². The van der Waals surface area contributed by atoms with Gasteiger partial charge < -0.3 is 4.42 Å². The molecule has 0 spiro atoms. The summed E-state index contributed by atoms with van der Waals surface area (Å²) in [4.78, 5) is 0.594. The molecule has 2 aromatic carbocycles. The van der Waals surface area contributed by atoms with Gasteiger partial charge in [-0.3, -0.25) is 0 Å². The van der Waals surface area contributed by atoms with Crippen molar-refractivity contribution >= 4 is 36.7 Å². The Kier molecular flexibility index (Phi) is 4.36. The van der Waals surface area contributed by atoms with Crippen LogP contribution < -0.4 is 0 Å². The molecule has 22 heavy (non-hydrogen) atoms. The van der Waals surface area contributed by atoms with E-state index in [0.717, 1.165) is 11.8 Å². The zero-order valence-electron chi connectivity index (χ0n) is 11.8. The molecule has 0 aliphatic heterocycles. The minimum Gasteiger partial charge on any atom is -0.460 e. The van der Waals surface area contributed by atoms with Gasteiger partial charge in [-0.15, -0.1) is 0 Å². The summed E-state index contributed by atoms with van der Waals surface area (Å²) in [5.41, 5.74) is 0.613. The van der Waals surface area contributed by atoms with Crippen molar-refractivity contribution in [2.24, 2.45) is 0 Å². The number of halogens is 1. The zero-order valence-corrected chi connectivity index (χ0v) is 14.2. The number of hydrogen-bond acceptors (Lipinski definition) is 3. The first-order valence-corrected chi connectivity index (χ1v) is 9.61. The van der Waals surface area contributed by atoms with E-state index in [1.165, 1.54) is 0 Å². The lowest BCUT2D eigenvalue weighted by Gasteiger charge is -2.05. The number of para-hydroxylation sites is 1. The molecule has 1 heterocycles.